The Bertz CT molecular complexity index is 945. The number of methoxy groups -OCH3 is 2. The number of thioether (sulfide) groups is 1. The van der Waals surface area contributed by atoms with Gasteiger partial charge >= 0.3 is 0 Å². The monoisotopic (exact) mass is 478 g/mol. The van der Waals surface area contributed by atoms with Gasteiger partial charge in [-0.25, -0.2) is 4.98 Å². The standard InChI is InChI=1S/C20H19BrN2O3S2/c1-25-17-8-7-15(9-18(17)26-2)22-19(24)10-16-12-28-20(23-16)27-11-13-3-5-14(21)6-4-13/h3-9,12H,10-11H2,1-2H3,(H,22,24). The average molecular weight is 479 g/mol. The Hall–Kier alpha value is -2.03. The number of carbonyl (C=O) groups excluding carboxylic acids is 1. The molecule has 0 atom stereocenters. The molecule has 0 bridgehead atoms. The predicted octanol–water partition coefficient (Wildman–Crippen LogP) is 5.40. The molecule has 0 aliphatic rings. The molecule has 2 aromatic carbocycles. The molecule has 1 aromatic heterocycles. The number of nitrogens with one attached hydrogen (secondary N) is 1. The second kappa shape index (κ2) is 9.95. The maximum absolute atomic E-state index is 12.3. The number of thiazole rings is 1. The molecule has 0 spiro atoms. The van der Waals surface area contributed by atoms with Gasteiger partial charge in [-0.15, -0.1) is 11.3 Å². The molecule has 0 aliphatic heterocycles. The van der Waals surface area contributed by atoms with Crippen molar-refractivity contribution in [1.82, 2.24) is 4.98 Å². The topological polar surface area (TPSA) is 60.5 Å². The van der Waals surface area contributed by atoms with E-state index in [4.69, 9.17) is 9.47 Å². The summed E-state index contributed by atoms with van der Waals surface area (Å²) < 4.78 is 12.5. The summed E-state index contributed by atoms with van der Waals surface area (Å²) in [5.41, 5.74) is 2.65. The number of ether oxygens (including phenoxy) is 2. The zero-order valence-corrected chi connectivity index (χ0v) is 18.6. The SMILES string of the molecule is COc1ccc(NC(=O)Cc2csc(SCc3ccc(Br)cc3)n2)cc1OC. The summed E-state index contributed by atoms with van der Waals surface area (Å²) in [7, 11) is 3.14. The lowest BCUT2D eigenvalue weighted by molar-refractivity contribution is -0.115. The summed E-state index contributed by atoms with van der Waals surface area (Å²) in [6.45, 7) is 0. The van der Waals surface area contributed by atoms with Gasteiger partial charge in [0.05, 0.1) is 26.3 Å². The molecule has 0 radical (unpaired) electrons. The first-order chi connectivity index (χ1) is 13.6. The number of hydrogen-bond acceptors (Lipinski definition) is 6. The molecule has 0 aliphatic carbocycles. The maximum Gasteiger partial charge on any atom is 0.230 e. The number of carbonyl (C=O) groups is 1. The van der Waals surface area contributed by atoms with Gasteiger partial charge in [-0.1, -0.05) is 39.8 Å². The quantitative estimate of drug-likeness (QED) is 0.439. The molecule has 0 unspecified atom stereocenters. The van der Waals surface area contributed by atoms with Crippen LogP contribution in [-0.4, -0.2) is 25.1 Å². The highest BCUT2D eigenvalue weighted by Crippen LogP contribution is 2.30. The molecule has 0 saturated heterocycles. The number of benzene rings is 2. The Labute approximate surface area is 180 Å². The van der Waals surface area contributed by atoms with E-state index in [9.17, 15) is 4.79 Å². The Morgan fingerprint density at radius 3 is 2.61 bits per heavy atom. The highest BCUT2D eigenvalue weighted by atomic mass is 79.9. The van der Waals surface area contributed by atoms with Gasteiger partial charge in [-0.3, -0.25) is 4.79 Å². The zero-order chi connectivity index (χ0) is 19.9. The highest BCUT2D eigenvalue weighted by molar-refractivity contribution is 9.10. The highest BCUT2D eigenvalue weighted by Gasteiger charge is 2.11. The molecule has 1 amide bonds. The second-order valence-corrected chi connectivity index (χ2v) is 8.81. The van der Waals surface area contributed by atoms with E-state index in [1.807, 2.05) is 17.5 Å². The summed E-state index contributed by atoms with van der Waals surface area (Å²) in [5.74, 6) is 1.91. The summed E-state index contributed by atoms with van der Waals surface area (Å²) in [4.78, 5) is 16.9. The minimum absolute atomic E-state index is 0.123. The van der Waals surface area contributed by atoms with Crippen molar-refractivity contribution in [2.75, 3.05) is 19.5 Å². The maximum atomic E-state index is 12.3. The molecule has 146 valence electrons. The predicted molar refractivity (Wildman–Crippen MR) is 118 cm³/mol. The Balaban J connectivity index is 1.54. The summed E-state index contributed by atoms with van der Waals surface area (Å²) >= 11 is 6.67. The second-order valence-electron chi connectivity index (χ2n) is 5.81. The van der Waals surface area contributed by atoms with Crippen molar-refractivity contribution in [2.24, 2.45) is 0 Å². The van der Waals surface area contributed by atoms with Crippen molar-refractivity contribution in [1.29, 1.82) is 0 Å². The van der Waals surface area contributed by atoms with E-state index in [0.29, 0.717) is 17.2 Å². The fourth-order valence-electron chi connectivity index (χ4n) is 2.45. The fourth-order valence-corrected chi connectivity index (χ4v) is 4.51. The van der Waals surface area contributed by atoms with E-state index in [1.54, 1.807) is 55.5 Å². The number of rotatable bonds is 8. The van der Waals surface area contributed by atoms with E-state index in [0.717, 1.165) is 20.3 Å². The third-order valence-corrected chi connectivity index (χ3v) is 6.48. The Kier molecular flexibility index (Phi) is 7.36. The smallest absolute Gasteiger partial charge is 0.230 e. The normalized spacial score (nSPS) is 10.5. The van der Waals surface area contributed by atoms with Crippen molar-refractivity contribution in [3.63, 3.8) is 0 Å². The van der Waals surface area contributed by atoms with Crippen LogP contribution in [0.2, 0.25) is 0 Å². The third kappa shape index (κ3) is 5.73. The van der Waals surface area contributed by atoms with Crippen molar-refractivity contribution in [3.8, 4) is 11.5 Å². The Morgan fingerprint density at radius 1 is 1.14 bits per heavy atom. The van der Waals surface area contributed by atoms with Gasteiger partial charge in [0, 0.05) is 27.4 Å². The largest absolute Gasteiger partial charge is 0.493 e. The number of hydrogen-bond donors (Lipinski definition) is 1. The molecule has 0 saturated carbocycles. The number of amides is 1. The lowest BCUT2D eigenvalue weighted by Crippen LogP contribution is -2.14. The fraction of sp³-hybridized carbons (Fsp3) is 0.200. The number of nitrogens with zero attached hydrogens (tertiary/aromatic N) is 1. The number of halogens is 1. The van der Waals surface area contributed by atoms with Crippen LogP contribution in [0.15, 0.2) is 56.7 Å². The minimum Gasteiger partial charge on any atom is -0.493 e. The van der Waals surface area contributed by atoms with Gasteiger partial charge in [0.1, 0.15) is 4.34 Å². The summed E-state index contributed by atoms with van der Waals surface area (Å²) in [6, 6.07) is 13.5. The molecule has 1 N–H and O–H groups in total. The van der Waals surface area contributed by atoms with Crippen LogP contribution in [-0.2, 0) is 17.0 Å². The van der Waals surface area contributed by atoms with Gasteiger partial charge in [-0.2, -0.15) is 0 Å². The van der Waals surface area contributed by atoms with Crippen molar-refractivity contribution in [3.05, 3.63) is 63.6 Å². The van der Waals surface area contributed by atoms with E-state index in [1.165, 1.54) is 5.56 Å². The average Bonchev–Trinajstić information content (AvgIpc) is 3.14. The molecule has 0 fully saturated rings. The van der Waals surface area contributed by atoms with Crippen LogP contribution in [0.1, 0.15) is 11.3 Å². The van der Waals surface area contributed by atoms with Crippen LogP contribution >= 0.6 is 39.0 Å². The van der Waals surface area contributed by atoms with Crippen molar-refractivity contribution in [2.45, 2.75) is 16.5 Å². The molecule has 3 aromatic rings. The number of anilines is 1. The van der Waals surface area contributed by atoms with E-state index < -0.39 is 0 Å². The summed E-state index contributed by atoms with van der Waals surface area (Å²) in [5, 5.41) is 4.80. The summed E-state index contributed by atoms with van der Waals surface area (Å²) in [6.07, 6.45) is 0.226. The first kappa shape index (κ1) is 20.7. The van der Waals surface area contributed by atoms with E-state index in [-0.39, 0.29) is 12.3 Å². The van der Waals surface area contributed by atoms with E-state index in [2.05, 4.69) is 38.4 Å². The molecule has 1 heterocycles. The van der Waals surface area contributed by atoms with E-state index >= 15 is 0 Å². The van der Waals surface area contributed by atoms with Crippen LogP contribution in [0.4, 0.5) is 5.69 Å². The molecule has 8 heteroatoms. The molecule has 5 nitrogen and oxygen atoms in total. The Morgan fingerprint density at radius 2 is 1.89 bits per heavy atom. The third-order valence-electron chi connectivity index (χ3n) is 3.82. The van der Waals surface area contributed by atoms with Crippen LogP contribution in [0.25, 0.3) is 0 Å². The van der Waals surface area contributed by atoms with Gasteiger partial charge < -0.3 is 14.8 Å². The van der Waals surface area contributed by atoms with Crippen LogP contribution < -0.4 is 14.8 Å². The molecular weight excluding hydrogens is 460 g/mol. The first-order valence-corrected chi connectivity index (χ1v) is 11.1. The number of aromatic nitrogens is 1. The van der Waals surface area contributed by atoms with Gasteiger partial charge in [0.15, 0.2) is 11.5 Å². The van der Waals surface area contributed by atoms with Crippen LogP contribution in [0.5, 0.6) is 11.5 Å². The molecule has 28 heavy (non-hydrogen) atoms. The molecule has 3 rings (SSSR count). The van der Waals surface area contributed by atoms with Crippen LogP contribution in [0.3, 0.4) is 0 Å². The zero-order valence-electron chi connectivity index (χ0n) is 15.4. The van der Waals surface area contributed by atoms with Crippen molar-refractivity contribution >= 4 is 50.6 Å². The first-order valence-electron chi connectivity index (χ1n) is 8.41. The van der Waals surface area contributed by atoms with Gasteiger partial charge in [0.2, 0.25) is 5.91 Å². The van der Waals surface area contributed by atoms with Crippen molar-refractivity contribution < 1.29 is 14.3 Å². The lowest BCUT2D eigenvalue weighted by Gasteiger charge is -2.10. The minimum atomic E-state index is -0.123. The lowest BCUT2D eigenvalue weighted by atomic mass is 10.2. The van der Waals surface area contributed by atoms with Gasteiger partial charge in [-0.05, 0) is 29.8 Å². The van der Waals surface area contributed by atoms with Crippen LogP contribution in [0, 0.1) is 0 Å². The molecular formula is C20H19BrN2O3S2. The van der Waals surface area contributed by atoms with Gasteiger partial charge in [0.25, 0.3) is 0 Å².